The average molecular weight is 321 g/mol. The molecule has 0 saturated carbocycles. The molecule has 0 radical (unpaired) electrons. The number of ether oxygens (including phenoxy) is 1. The summed E-state index contributed by atoms with van der Waals surface area (Å²) in [6.07, 6.45) is -0.0320. The molecular weight excluding hydrogens is 305 g/mol. The second kappa shape index (κ2) is 7.70. The number of carbonyl (C=O) groups is 2. The van der Waals surface area contributed by atoms with E-state index in [1.807, 2.05) is 17.5 Å². The lowest BCUT2D eigenvalue weighted by Crippen LogP contribution is -2.31. The van der Waals surface area contributed by atoms with Gasteiger partial charge >= 0.3 is 5.97 Å². The molecule has 0 aliphatic rings. The van der Waals surface area contributed by atoms with Crippen LogP contribution >= 0.6 is 11.3 Å². The van der Waals surface area contributed by atoms with Gasteiger partial charge in [0.25, 0.3) is 0 Å². The molecule has 0 fully saturated rings. The van der Waals surface area contributed by atoms with E-state index in [2.05, 4.69) is 10.1 Å². The summed E-state index contributed by atoms with van der Waals surface area (Å²) in [5.74, 6) is -1.17. The Kier molecular flexibility index (Phi) is 5.66. The average Bonchev–Trinajstić information content (AvgIpc) is 3.03. The first-order chi connectivity index (χ1) is 10.6. The zero-order valence-corrected chi connectivity index (χ0v) is 12.9. The molecule has 22 heavy (non-hydrogen) atoms. The van der Waals surface area contributed by atoms with Crippen LogP contribution in [0.2, 0.25) is 0 Å². The lowest BCUT2D eigenvalue weighted by molar-refractivity contribution is -0.141. The molecular formula is C16H16FNO3S. The molecule has 0 aliphatic heterocycles. The highest BCUT2D eigenvalue weighted by molar-refractivity contribution is 7.10. The third-order valence-corrected chi connectivity index (χ3v) is 4.12. The molecule has 0 spiro atoms. The monoisotopic (exact) mass is 321 g/mol. The highest BCUT2D eigenvalue weighted by atomic mass is 32.1. The molecule has 0 aliphatic carbocycles. The molecule has 4 nitrogen and oxygen atoms in total. The molecule has 1 aromatic carbocycles. The van der Waals surface area contributed by atoms with E-state index in [0.29, 0.717) is 5.56 Å². The van der Waals surface area contributed by atoms with Gasteiger partial charge < -0.3 is 10.1 Å². The molecule has 1 N–H and O–H groups in total. The minimum Gasteiger partial charge on any atom is -0.469 e. The minimum absolute atomic E-state index is 0.0417. The molecule has 1 heterocycles. The Balaban J connectivity index is 2.05. The van der Waals surface area contributed by atoms with E-state index in [1.54, 1.807) is 18.2 Å². The summed E-state index contributed by atoms with van der Waals surface area (Å²) in [4.78, 5) is 24.5. The van der Waals surface area contributed by atoms with Gasteiger partial charge in [-0.15, -0.1) is 11.3 Å². The van der Waals surface area contributed by atoms with E-state index < -0.39 is 17.8 Å². The number of halogens is 1. The number of methoxy groups -OCH3 is 1. The van der Waals surface area contributed by atoms with E-state index in [-0.39, 0.29) is 18.7 Å². The van der Waals surface area contributed by atoms with Crippen molar-refractivity contribution in [2.24, 2.45) is 0 Å². The van der Waals surface area contributed by atoms with Gasteiger partial charge in [-0.25, -0.2) is 4.39 Å². The van der Waals surface area contributed by atoms with Crippen molar-refractivity contribution in [2.75, 3.05) is 7.11 Å². The first-order valence-corrected chi connectivity index (χ1v) is 7.61. The van der Waals surface area contributed by atoms with Crippen LogP contribution in [0.1, 0.15) is 22.9 Å². The second-order valence-corrected chi connectivity index (χ2v) is 5.66. The summed E-state index contributed by atoms with van der Waals surface area (Å²) in [5.41, 5.74) is 0.322. The van der Waals surface area contributed by atoms with Crippen molar-refractivity contribution in [1.82, 2.24) is 5.32 Å². The topological polar surface area (TPSA) is 55.4 Å². The maximum absolute atomic E-state index is 13.6. The predicted octanol–water partition coefficient (Wildman–Crippen LogP) is 2.85. The maximum Gasteiger partial charge on any atom is 0.307 e. The zero-order valence-electron chi connectivity index (χ0n) is 12.0. The third kappa shape index (κ3) is 4.39. The van der Waals surface area contributed by atoms with Gasteiger partial charge in [-0.1, -0.05) is 24.3 Å². The second-order valence-electron chi connectivity index (χ2n) is 4.68. The summed E-state index contributed by atoms with van der Waals surface area (Å²) in [7, 11) is 1.30. The first kappa shape index (κ1) is 16.2. The van der Waals surface area contributed by atoms with Gasteiger partial charge in [0.05, 0.1) is 26.0 Å². The fraction of sp³-hybridized carbons (Fsp3) is 0.250. The Bertz CT molecular complexity index is 643. The number of nitrogens with one attached hydrogen (secondary N) is 1. The summed E-state index contributed by atoms with van der Waals surface area (Å²) in [6.45, 7) is 0. The van der Waals surface area contributed by atoms with E-state index >= 15 is 0 Å². The largest absolute Gasteiger partial charge is 0.469 e. The third-order valence-electron chi connectivity index (χ3n) is 3.13. The highest BCUT2D eigenvalue weighted by Crippen LogP contribution is 2.22. The summed E-state index contributed by atoms with van der Waals surface area (Å²) >= 11 is 1.44. The summed E-state index contributed by atoms with van der Waals surface area (Å²) in [5, 5.41) is 4.63. The predicted molar refractivity (Wildman–Crippen MR) is 81.9 cm³/mol. The molecule has 116 valence electrons. The van der Waals surface area contributed by atoms with Gasteiger partial charge in [-0.3, -0.25) is 9.59 Å². The number of esters is 1. The van der Waals surface area contributed by atoms with Crippen LogP contribution in [-0.2, 0) is 20.7 Å². The van der Waals surface area contributed by atoms with Gasteiger partial charge in [0.2, 0.25) is 5.91 Å². The van der Waals surface area contributed by atoms with Crippen LogP contribution in [0.25, 0.3) is 0 Å². The molecule has 6 heteroatoms. The van der Waals surface area contributed by atoms with Crippen LogP contribution in [0.3, 0.4) is 0 Å². The number of benzene rings is 1. The Morgan fingerprint density at radius 3 is 2.68 bits per heavy atom. The lowest BCUT2D eigenvalue weighted by atomic mass is 10.1. The van der Waals surface area contributed by atoms with Gasteiger partial charge in [0, 0.05) is 4.88 Å². The Morgan fingerprint density at radius 2 is 2.05 bits per heavy atom. The molecule has 1 atom stereocenters. The zero-order chi connectivity index (χ0) is 15.9. The number of carbonyl (C=O) groups excluding carboxylic acids is 2. The molecule has 2 aromatic rings. The molecule has 0 saturated heterocycles. The van der Waals surface area contributed by atoms with Gasteiger partial charge in [0.1, 0.15) is 5.82 Å². The number of hydrogen-bond acceptors (Lipinski definition) is 4. The SMILES string of the molecule is COC(=O)CC(NC(=O)Cc1ccccc1F)c1cccs1. The fourth-order valence-corrected chi connectivity index (χ4v) is 2.80. The molecule has 0 bridgehead atoms. The molecule has 1 amide bonds. The van der Waals surface area contributed by atoms with E-state index in [9.17, 15) is 14.0 Å². The quantitative estimate of drug-likeness (QED) is 0.832. The van der Waals surface area contributed by atoms with Crippen LogP contribution in [0.5, 0.6) is 0 Å². The fourth-order valence-electron chi connectivity index (χ4n) is 2.02. The van der Waals surface area contributed by atoms with E-state index in [0.717, 1.165) is 4.88 Å². The molecule has 1 unspecified atom stereocenters. The van der Waals surface area contributed by atoms with Gasteiger partial charge in [-0.2, -0.15) is 0 Å². The van der Waals surface area contributed by atoms with Crippen LogP contribution in [0.4, 0.5) is 4.39 Å². The first-order valence-electron chi connectivity index (χ1n) is 6.73. The number of hydrogen-bond donors (Lipinski definition) is 1. The van der Waals surface area contributed by atoms with E-state index in [1.165, 1.54) is 24.5 Å². The van der Waals surface area contributed by atoms with Crippen molar-refractivity contribution in [2.45, 2.75) is 18.9 Å². The molecule has 1 aromatic heterocycles. The normalized spacial score (nSPS) is 11.7. The Hall–Kier alpha value is -2.21. The minimum atomic E-state index is -0.466. The summed E-state index contributed by atoms with van der Waals surface area (Å²) in [6, 6.07) is 9.34. The maximum atomic E-state index is 13.6. The van der Waals surface area contributed by atoms with Crippen molar-refractivity contribution in [3.05, 3.63) is 58.0 Å². The van der Waals surface area contributed by atoms with Crippen molar-refractivity contribution < 1.29 is 18.7 Å². The number of rotatable bonds is 6. The lowest BCUT2D eigenvalue weighted by Gasteiger charge is -2.16. The number of thiophene rings is 1. The standard InChI is InChI=1S/C16H16FNO3S/c1-21-16(20)10-13(14-7-4-8-22-14)18-15(19)9-11-5-2-3-6-12(11)17/h2-8,13H,9-10H2,1H3,(H,18,19). The van der Waals surface area contributed by atoms with Crippen LogP contribution in [-0.4, -0.2) is 19.0 Å². The van der Waals surface area contributed by atoms with Gasteiger partial charge in [0.15, 0.2) is 0 Å². The van der Waals surface area contributed by atoms with Crippen molar-refractivity contribution in [3.8, 4) is 0 Å². The Labute approximate surface area is 131 Å². The van der Waals surface area contributed by atoms with Crippen molar-refractivity contribution >= 4 is 23.2 Å². The summed E-state index contributed by atoms with van der Waals surface area (Å²) < 4.78 is 18.2. The Morgan fingerprint density at radius 1 is 1.27 bits per heavy atom. The number of amides is 1. The van der Waals surface area contributed by atoms with Crippen LogP contribution in [0, 0.1) is 5.82 Å². The van der Waals surface area contributed by atoms with Crippen molar-refractivity contribution in [3.63, 3.8) is 0 Å². The van der Waals surface area contributed by atoms with Crippen LogP contribution < -0.4 is 5.32 Å². The molecule has 2 rings (SSSR count). The van der Waals surface area contributed by atoms with E-state index in [4.69, 9.17) is 0 Å². The van der Waals surface area contributed by atoms with Crippen molar-refractivity contribution in [1.29, 1.82) is 0 Å². The van der Waals surface area contributed by atoms with Gasteiger partial charge in [-0.05, 0) is 23.1 Å². The highest BCUT2D eigenvalue weighted by Gasteiger charge is 2.20. The van der Waals surface area contributed by atoms with Crippen LogP contribution in [0.15, 0.2) is 41.8 Å². The smallest absolute Gasteiger partial charge is 0.307 e.